The van der Waals surface area contributed by atoms with E-state index in [9.17, 15) is 9.59 Å². The Balaban J connectivity index is 1.37. The molecule has 0 amide bonds. The molecule has 3 heterocycles. The second kappa shape index (κ2) is 7.06. The number of Topliss-reactive ketones (excluding diaryl/α,β-unsaturated/α-hetero) is 2. The van der Waals surface area contributed by atoms with Gasteiger partial charge in [0.1, 0.15) is 0 Å². The van der Waals surface area contributed by atoms with Gasteiger partial charge in [-0.15, -0.1) is 0 Å². The number of benzene rings is 2. The standard InChI is InChI=1S/C25H16NO3STe/c1-31-15(12-16-24(27)17-13-30-14-18(17)25(16)28)10-11-23(31)26-19-6-2-4-8-21(19)29-22-9-5-3-7-20(22)26/h2-14H,1H3. The summed E-state index contributed by atoms with van der Waals surface area (Å²) in [7, 11) is 0. The Morgan fingerprint density at radius 2 is 1.45 bits per heavy atom. The zero-order valence-corrected chi connectivity index (χ0v) is 19.6. The van der Waals surface area contributed by atoms with E-state index < -0.39 is 19.6 Å². The van der Waals surface area contributed by atoms with Crippen molar-refractivity contribution >= 4 is 53.8 Å². The van der Waals surface area contributed by atoms with Crippen molar-refractivity contribution in [2.75, 3.05) is 4.90 Å². The molecule has 0 bridgehead atoms. The zero-order valence-electron chi connectivity index (χ0n) is 16.5. The number of rotatable bonds is 2. The summed E-state index contributed by atoms with van der Waals surface area (Å²) in [5.74, 6) is 1.35. The van der Waals surface area contributed by atoms with Gasteiger partial charge in [0.2, 0.25) is 0 Å². The molecule has 1 radical (unpaired) electrons. The summed E-state index contributed by atoms with van der Waals surface area (Å²) in [6, 6.07) is 16.1. The first-order chi connectivity index (χ1) is 15.1. The third kappa shape index (κ3) is 2.80. The van der Waals surface area contributed by atoms with Crippen LogP contribution in [0, 0.1) is 0 Å². The molecule has 2 aliphatic heterocycles. The van der Waals surface area contributed by atoms with Crippen LogP contribution in [0.1, 0.15) is 20.7 Å². The summed E-state index contributed by atoms with van der Waals surface area (Å²) in [6.07, 6.45) is 6.06. The van der Waals surface area contributed by atoms with Crippen LogP contribution in [0.4, 0.5) is 11.4 Å². The Hall–Kier alpha value is -2.91. The van der Waals surface area contributed by atoms with Gasteiger partial charge < -0.3 is 0 Å². The SMILES string of the molecule is C[Te]1C(C=C2C(=O)c3cscc3C2=O)=CC=C1N1c2ccccc2Oc2ccccc21. The van der Waals surface area contributed by atoms with Gasteiger partial charge in [0.05, 0.1) is 0 Å². The number of hydrogen-bond donors (Lipinski definition) is 0. The Morgan fingerprint density at radius 3 is 2.06 bits per heavy atom. The van der Waals surface area contributed by atoms with E-state index in [1.807, 2.05) is 42.5 Å². The summed E-state index contributed by atoms with van der Waals surface area (Å²) in [5.41, 5.74) is 3.41. The third-order valence-electron chi connectivity index (χ3n) is 5.64. The molecule has 6 heteroatoms. The molecule has 1 aliphatic carbocycles. The van der Waals surface area contributed by atoms with E-state index in [0.717, 1.165) is 26.5 Å². The molecule has 3 aromatic rings. The van der Waals surface area contributed by atoms with Crippen LogP contribution < -0.4 is 9.64 Å². The quantitative estimate of drug-likeness (QED) is 0.228. The summed E-state index contributed by atoms with van der Waals surface area (Å²) < 4.78 is 8.48. The summed E-state index contributed by atoms with van der Waals surface area (Å²) in [4.78, 5) is 30.0. The number of carbonyl (C=O) groups is 2. The van der Waals surface area contributed by atoms with Crippen molar-refractivity contribution in [3.05, 3.63) is 102 Å². The van der Waals surface area contributed by atoms with Crippen molar-refractivity contribution in [3.8, 4) is 11.5 Å². The first-order valence-corrected chi connectivity index (χ1v) is 15.3. The van der Waals surface area contributed by atoms with E-state index in [-0.39, 0.29) is 11.6 Å². The van der Waals surface area contributed by atoms with Crippen LogP contribution in [-0.2, 0) is 0 Å². The molecule has 3 aliphatic rings. The minimum atomic E-state index is -2.01. The third-order valence-corrected chi connectivity index (χ3v) is 11.8. The molecule has 1 aromatic heterocycles. The minimum absolute atomic E-state index is 0.149. The first-order valence-electron chi connectivity index (χ1n) is 9.75. The maximum absolute atomic E-state index is 12.7. The van der Waals surface area contributed by atoms with Crippen LogP contribution in [0.3, 0.4) is 0 Å². The second-order valence-electron chi connectivity index (χ2n) is 7.37. The number of ether oxygens (including phenoxy) is 1. The van der Waals surface area contributed by atoms with E-state index >= 15 is 0 Å². The van der Waals surface area contributed by atoms with Crippen molar-refractivity contribution in [1.29, 1.82) is 0 Å². The van der Waals surface area contributed by atoms with E-state index in [4.69, 9.17) is 4.74 Å². The van der Waals surface area contributed by atoms with Gasteiger partial charge in [0.15, 0.2) is 0 Å². The van der Waals surface area contributed by atoms with Crippen molar-refractivity contribution in [3.63, 3.8) is 0 Å². The van der Waals surface area contributed by atoms with Crippen molar-refractivity contribution in [2.45, 2.75) is 4.97 Å². The fourth-order valence-corrected chi connectivity index (χ4v) is 9.32. The van der Waals surface area contributed by atoms with E-state index in [0.29, 0.717) is 16.7 Å². The molecule has 0 N–H and O–H groups in total. The van der Waals surface area contributed by atoms with Gasteiger partial charge in [-0.2, -0.15) is 0 Å². The first kappa shape index (κ1) is 18.8. The number of nitrogens with zero attached hydrogens (tertiary/aromatic N) is 1. The second-order valence-corrected chi connectivity index (χ2v) is 13.6. The Labute approximate surface area is 190 Å². The van der Waals surface area contributed by atoms with Gasteiger partial charge in [0.25, 0.3) is 0 Å². The van der Waals surface area contributed by atoms with Gasteiger partial charge in [-0.25, -0.2) is 0 Å². The van der Waals surface area contributed by atoms with E-state index in [1.54, 1.807) is 10.8 Å². The Kier molecular flexibility index (Phi) is 4.29. The molecule has 31 heavy (non-hydrogen) atoms. The number of allylic oxidation sites excluding steroid dienone is 5. The summed E-state index contributed by atoms with van der Waals surface area (Å²) >= 11 is -0.615. The topological polar surface area (TPSA) is 46.6 Å². The average molecular weight is 538 g/mol. The number of anilines is 2. The predicted molar refractivity (Wildman–Crippen MR) is 124 cm³/mol. The molecular formula is C25H16NO3STe. The van der Waals surface area contributed by atoms with Crippen LogP contribution in [0.5, 0.6) is 11.5 Å². The summed E-state index contributed by atoms with van der Waals surface area (Å²) in [6.45, 7) is 0. The molecule has 151 valence electrons. The van der Waals surface area contributed by atoms with E-state index in [1.165, 1.54) is 15.1 Å². The molecule has 2 aromatic carbocycles. The van der Waals surface area contributed by atoms with Gasteiger partial charge in [-0.3, -0.25) is 0 Å². The number of fused-ring (bicyclic) bond motifs is 3. The molecule has 6 rings (SSSR count). The van der Waals surface area contributed by atoms with Gasteiger partial charge >= 0.3 is 191 Å². The fraction of sp³-hybridized carbons (Fsp3) is 0.0400. The predicted octanol–water partition coefficient (Wildman–Crippen LogP) is 6.02. The fourth-order valence-electron chi connectivity index (χ4n) is 4.08. The Morgan fingerprint density at radius 1 is 0.871 bits per heavy atom. The van der Waals surface area contributed by atoms with Crippen molar-refractivity contribution < 1.29 is 14.3 Å². The van der Waals surface area contributed by atoms with Crippen LogP contribution in [-0.4, -0.2) is 31.1 Å². The van der Waals surface area contributed by atoms with Gasteiger partial charge in [0, 0.05) is 0 Å². The molecular weight excluding hydrogens is 522 g/mol. The molecule has 0 spiro atoms. The zero-order chi connectivity index (χ0) is 21.1. The number of para-hydroxylation sites is 4. The molecule has 0 saturated carbocycles. The summed E-state index contributed by atoms with van der Waals surface area (Å²) in [5, 5.41) is 3.54. The average Bonchev–Trinajstić information content (AvgIpc) is 3.47. The normalized spacial score (nSPS) is 17.1. The maximum atomic E-state index is 12.7. The number of carbonyl (C=O) groups excluding carboxylic acids is 2. The van der Waals surface area contributed by atoms with Gasteiger partial charge in [-0.05, 0) is 0 Å². The van der Waals surface area contributed by atoms with Crippen LogP contribution in [0.25, 0.3) is 0 Å². The van der Waals surface area contributed by atoms with E-state index in [2.05, 4.69) is 34.2 Å². The van der Waals surface area contributed by atoms with Gasteiger partial charge in [-0.1, -0.05) is 0 Å². The van der Waals surface area contributed by atoms with Crippen molar-refractivity contribution in [2.24, 2.45) is 0 Å². The monoisotopic (exact) mass is 540 g/mol. The Bertz CT molecular complexity index is 1300. The molecule has 4 nitrogen and oxygen atoms in total. The number of ketones is 2. The molecule has 0 fully saturated rings. The van der Waals surface area contributed by atoms with Crippen LogP contribution >= 0.6 is 11.3 Å². The number of thiophene rings is 1. The molecule has 0 unspecified atom stereocenters. The molecule has 0 atom stereocenters. The molecule has 0 saturated heterocycles. The van der Waals surface area contributed by atoms with Crippen LogP contribution in [0.2, 0.25) is 4.97 Å². The van der Waals surface area contributed by atoms with Crippen molar-refractivity contribution in [1.82, 2.24) is 0 Å². The number of hydrogen-bond acceptors (Lipinski definition) is 5. The van der Waals surface area contributed by atoms with Crippen LogP contribution in [0.15, 0.2) is 90.5 Å².